The Morgan fingerprint density at radius 2 is 1.38 bits per heavy atom. The van der Waals surface area contributed by atoms with E-state index in [4.69, 9.17) is 9.47 Å². The lowest BCUT2D eigenvalue weighted by atomic mass is 10.0. The van der Waals surface area contributed by atoms with Crippen LogP contribution in [0.4, 0.5) is 0 Å². The van der Waals surface area contributed by atoms with Crippen LogP contribution in [0.15, 0.2) is 36.9 Å². The molecule has 0 bridgehead atoms. The maximum Gasteiger partial charge on any atom is 0.123 e. The third kappa shape index (κ3) is 11.5. The fourth-order valence-corrected chi connectivity index (χ4v) is 3.84. The Morgan fingerprint density at radius 1 is 0.862 bits per heavy atom. The van der Waals surface area contributed by atoms with E-state index in [1.807, 2.05) is 6.08 Å². The van der Waals surface area contributed by atoms with Crippen molar-refractivity contribution in [1.82, 2.24) is 0 Å². The van der Waals surface area contributed by atoms with Crippen LogP contribution in [0, 0.1) is 0 Å². The van der Waals surface area contributed by atoms with Crippen LogP contribution in [-0.2, 0) is 11.2 Å². The summed E-state index contributed by atoms with van der Waals surface area (Å²) in [5.41, 5.74) is 1.31. The zero-order valence-corrected chi connectivity index (χ0v) is 18.9. The molecule has 29 heavy (non-hydrogen) atoms. The third-order valence-corrected chi connectivity index (χ3v) is 6.00. The number of ether oxygens (including phenoxy) is 2. The summed E-state index contributed by atoms with van der Waals surface area (Å²) in [6.45, 7) is 7.39. The van der Waals surface area contributed by atoms with Gasteiger partial charge in [0.25, 0.3) is 0 Å². The molecule has 1 aliphatic heterocycles. The van der Waals surface area contributed by atoms with Crippen molar-refractivity contribution < 1.29 is 9.47 Å². The fourth-order valence-electron chi connectivity index (χ4n) is 3.84. The van der Waals surface area contributed by atoms with Gasteiger partial charge in [0.15, 0.2) is 0 Å². The number of benzene rings is 1. The van der Waals surface area contributed by atoms with Crippen LogP contribution in [0.5, 0.6) is 5.75 Å². The summed E-state index contributed by atoms with van der Waals surface area (Å²) >= 11 is 0. The largest absolute Gasteiger partial charge is 0.490 e. The van der Waals surface area contributed by atoms with Crippen LogP contribution in [0.2, 0.25) is 0 Å². The minimum Gasteiger partial charge on any atom is -0.490 e. The Kier molecular flexibility index (Phi) is 12.1. The lowest BCUT2D eigenvalue weighted by molar-refractivity contribution is 0.201. The summed E-state index contributed by atoms with van der Waals surface area (Å²) in [4.78, 5) is 0. The quantitative estimate of drug-likeness (QED) is 0.133. The second-order valence-electron chi connectivity index (χ2n) is 9.06. The number of allylic oxidation sites excluding steroid dienone is 1. The van der Waals surface area contributed by atoms with Gasteiger partial charge in [0.1, 0.15) is 18.0 Å². The molecule has 0 saturated carbocycles. The minimum absolute atomic E-state index is 0.0431. The Bertz CT molecular complexity index is 547. The molecule has 1 heterocycles. The van der Waals surface area contributed by atoms with Crippen molar-refractivity contribution >= 4 is 0 Å². The molecule has 1 fully saturated rings. The number of hydrogen-bond acceptors (Lipinski definition) is 2. The highest BCUT2D eigenvalue weighted by molar-refractivity contribution is 5.33. The van der Waals surface area contributed by atoms with E-state index in [2.05, 4.69) is 37.8 Å². The Hall–Kier alpha value is -1.28. The number of para-hydroxylation sites is 1. The first kappa shape index (κ1) is 24.0. The van der Waals surface area contributed by atoms with E-state index >= 15 is 0 Å². The first-order valence-electron chi connectivity index (χ1n) is 12.2. The van der Waals surface area contributed by atoms with E-state index in [1.54, 1.807) is 0 Å². The van der Waals surface area contributed by atoms with Crippen molar-refractivity contribution in [2.75, 3.05) is 13.2 Å². The van der Waals surface area contributed by atoms with Crippen LogP contribution in [-0.4, -0.2) is 18.8 Å². The van der Waals surface area contributed by atoms with Crippen LogP contribution in [0.3, 0.4) is 0 Å². The Balaban J connectivity index is 1.39. The smallest absolute Gasteiger partial charge is 0.123 e. The zero-order chi connectivity index (χ0) is 20.6. The maximum absolute atomic E-state index is 6.01. The van der Waals surface area contributed by atoms with Gasteiger partial charge in [-0.15, -0.1) is 6.58 Å². The average molecular weight is 401 g/mol. The molecule has 1 aliphatic rings. The number of unbranched alkanes of at least 4 members (excludes halogenated alkanes) is 13. The molecule has 1 atom stereocenters. The van der Waals surface area contributed by atoms with Gasteiger partial charge >= 0.3 is 0 Å². The summed E-state index contributed by atoms with van der Waals surface area (Å²) < 4.78 is 11.4. The highest BCUT2D eigenvalue weighted by Gasteiger charge is 2.40. The monoisotopic (exact) mass is 400 g/mol. The lowest BCUT2D eigenvalue weighted by Gasteiger charge is -2.13. The van der Waals surface area contributed by atoms with Gasteiger partial charge in [-0.25, -0.2) is 0 Å². The molecule has 2 heteroatoms. The molecule has 0 N–H and O–H groups in total. The summed E-state index contributed by atoms with van der Waals surface area (Å²) in [7, 11) is 0. The van der Waals surface area contributed by atoms with Crippen molar-refractivity contribution in [3.8, 4) is 5.75 Å². The predicted octanol–water partition coefficient (Wildman–Crippen LogP) is 8.04. The molecule has 2 nitrogen and oxygen atoms in total. The standard InChI is InChI=1S/C27H44O2/c1-3-4-5-6-7-8-9-10-11-12-13-14-15-16-17-20-25-21-18-19-22-26(25)28-23-27(2)24-29-27/h3,18-19,21-22H,1,4-17,20,23-24H2,2H3. The normalized spacial score (nSPS) is 18.0. The molecule has 0 amide bonds. The molecule has 1 aromatic carbocycles. The van der Waals surface area contributed by atoms with Gasteiger partial charge in [-0.05, 0) is 44.2 Å². The summed E-state index contributed by atoms with van der Waals surface area (Å²) in [5, 5.41) is 0. The fraction of sp³-hybridized carbons (Fsp3) is 0.704. The third-order valence-electron chi connectivity index (χ3n) is 6.00. The first-order chi connectivity index (χ1) is 14.2. The molecule has 0 aromatic heterocycles. The molecule has 0 aliphatic carbocycles. The van der Waals surface area contributed by atoms with E-state index in [0.29, 0.717) is 6.61 Å². The van der Waals surface area contributed by atoms with E-state index in [0.717, 1.165) is 18.8 Å². The summed E-state index contributed by atoms with van der Waals surface area (Å²) in [6, 6.07) is 8.50. The molecule has 1 unspecified atom stereocenters. The van der Waals surface area contributed by atoms with E-state index in [1.165, 1.54) is 95.5 Å². The zero-order valence-electron chi connectivity index (χ0n) is 18.9. The predicted molar refractivity (Wildman–Crippen MR) is 125 cm³/mol. The van der Waals surface area contributed by atoms with Gasteiger partial charge < -0.3 is 9.47 Å². The van der Waals surface area contributed by atoms with Gasteiger partial charge in [-0.1, -0.05) is 94.9 Å². The highest BCUT2D eigenvalue weighted by Crippen LogP contribution is 2.28. The molecule has 1 aromatic rings. The van der Waals surface area contributed by atoms with Crippen LogP contribution < -0.4 is 4.74 Å². The molecule has 2 rings (SSSR count). The van der Waals surface area contributed by atoms with Crippen molar-refractivity contribution in [2.45, 2.75) is 109 Å². The Morgan fingerprint density at radius 3 is 1.93 bits per heavy atom. The number of hydrogen-bond donors (Lipinski definition) is 0. The molecule has 0 spiro atoms. The number of epoxide rings is 1. The number of rotatable bonds is 19. The van der Waals surface area contributed by atoms with Crippen molar-refractivity contribution in [3.05, 3.63) is 42.5 Å². The van der Waals surface area contributed by atoms with Gasteiger partial charge in [0.2, 0.25) is 0 Å². The van der Waals surface area contributed by atoms with Crippen LogP contribution in [0.25, 0.3) is 0 Å². The van der Waals surface area contributed by atoms with Crippen LogP contribution >= 0.6 is 0 Å². The lowest BCUT2D eigenvalue weighted by Crippen LogP contribution is -2.17. The van der Waals surface area contributed by atoms with Crippen molar-refractivity contribution in [2.24, 2.45) is 0 Å². The minimum atomic E-state index is -0.0431. The number of aryl methyl sites for hydroxylation is 1. The van der Waals surface area contributed by atoms with Gasteiger partial charge in [0, 0.05) is 0 Å². The topological polar surface area (TPSA) is 21.8 Å². The van der Waals surface area contributed by atoms with E-state index in [-0.39, 0.29) is 5.60 Å². The average Bonchev–Trinajstić information content (AvgIpc) is 3.47. The molecular formula is C27H44O2. The molecule has 1 saturated heterocycles. The second-order valence-corrected chi connectivity index (χ2v) is 9.06. The highest BCUT2D eigenvalue weighted by atomic mass is 16.6. The second kappa shape index (κ2) is 14.7. The molecule has 0 radical (unpaired) electrons. The van der Waals surface area contributed by atoms with Gasteiger partial charge in [-0.3, -0.25) is 0 Å². The van der Waals surface area contributed by atoms with Gasteiger partial charge in [0.05, 0.1) is 6.61 Å². The SMILES string of the molecule is C=CCCCCCCCCCCCCCCCc1ccccc1OCC1(C)CO1. The summed E-state index contributed by atoms with van der Waals surface area (Å²) in [5.74, 6) is 1.05. The van der Waals surface area contributed by atoms with E-state index in [9.17, 15) is 0 Å². The van der Waals surface area contributed by atoms with E-state index < -0.39 is 0 Å². The van der Waals surface area contributed by atoms with Gasteiger partial charge in [-0.2, -0.15) is 0 Å². The molecule has 164 valence electrons. The Labute approximate surface area is 180 Å². The summed E-state index contributed by atoms with van der Waals surface area (Å²) in [6.07, 6.45) is 22.4. The maximum atomic E-state index is 6.01. The first-order valence-corrected chi connectivity index (χ1v) is 12.2. The van der Waals surface area contributed by atoms with Crippen molar-refractivity contribution in [3.63, 3.8) is 0 Å². The molecular weight excluding hydrogens is 356 g/mol. The van der Waals surface area contributed by atoms with Crippen LogP contribution in [0.1, 0.15) is 102 Å². The van der Waals surface area contributed by atoms with Crippen molar-refractivity contribution in [1.29, 1.82) is 0 Å².